The van der Waals surface area contributed by atoms with E-state index in [0.717, 1.165) is 36.7 Å². The fourth-order valence-electron chi connectivity index (χ4n) is 5.16. The number of nitrogens with zero attached hydrogens (tertiary/aromatic N) is 4. The first-order valence-electron chi connectivity index (χ1n) is 13.7. The summed E-state index contributed by atoms with van der Waals surface area (Å²) >= 11 is 0. The molecule has 4 rings (SSSR count). The number of nitrogens with one attached hydrogen (secondary N) is 2. The van der Waals surface area contributed by atoms with Crippen molar-refractivity contribution in [1.29, 1.82) is 0 Å². The molecule has 0 amide bonds. The summed E-state index contributed by atoms with van der Waals surface area (Å²) in [6.07, 6.45) is 1.74. The highest BCUT2D eigenvalue weighted by Gasteiger charge is 2.39. The van der Waals surface area contributed by atoms with E-state index in [9.17, 15) is 17.2 Å². The van der Waals surface area contributed by atoms with Crippen LogP contribution in [0.25, 0.3) is 0 Å². The summed E-state index contributed by atoms with van der Waals surface area (Å²) in [6.45, 7) is 10.8. The van der Waals surface area contributed by atoms with E-state index in [-0.39, 0.29) is 17.6 Å². The number of nitrogen functional groups attached to an aromatic ring is 1. The molecule has 0 fully saturated rings. The highest BCUT2D eigenvalue weighted by atomic mass is 32.2. The van der Waals surface area contributed by atoms with E-state index >= 15 is 4.39 Å². The van der Waals surface area contributed by atoms with E-state index in [2.05, 4.69) is 47.3 Å². The van der Waals surface area contributed by atoms with Gasteiger partial charge in [-0.1, -0.05) is 18.1 Å². The van der Waals surface area contributed by atoms with Crippen LogP contribution in [0.15, 0.2) is 58.4 Å². The molecule has 0 saturated heterocycles. The molecule has 4 unspecified atom stereocenters. The zero-order valence-corrected chi connectivity index (χ0v) is 24.4. The Morgan fingerprint density at radius 2 is 1.98 bits per heavy atom. The van der Waals surface area contributed by atoms with E-state index in [1.807, 2.05) is 0 Å². The van der Waals surface area contributed by atoms with Gasteiger partial charge in [0.2, 0.25) is 5.95 Å². The lowest BCUT2D eigenvalue weighted by atomic mass is 9.93. The standard InChI is InChI=1S/C28H36F3N7O2S/c1-5-37(17(2)3)14-12-18(4)38-16-21(23-11-13-33-28(32)34-23)27(35-38)20-7-6-8-24(26(20)31)36-41(39,40)25-15-19(29)9-10-22(25)30/h6-11,13,17-19,21,36H,5,12,14-16H2,1-4H3,(H2,32,33,34)/p+1. The van der Waals surface area contributed by atoms with Gasteiger partial charge in [0.05, 0.1) is 11.4 Å². The molecule has 1 aromatic heterocycles. The summed E-state index contributed by atoms with van der Waals surface area (Å²) in [4.78, 5) is 9.92. The molecule has 2 aliphatic rings. The average molecular weight is 593 g/mol. The van der Waals surface area contributed by atoms with Crippen LogP contribution >= 0.6 is 0 Å². The van der Waals surface area contributed by atoms with Gasteiger partial charge in [0.25, 0.3) is 10.0 Å². The monoisotopic (exact) mass is 592 g/mol. The number of aromatic nitrogens is 2. The molecule has 0 bridgehead atoms. The number of rotatable bonds is 11. The molecule has 2 aromatic rings. The van der Waals surface area contributed by atoms with Crippen molar-refractivity contribution in [2.24, 2.45) is 5.10 Å². The molecule has 222 valence electrons. The van der Waals surface area contributed by atoms with Crippen LogP contribution in [-0.4, -0.2) is 66.9 Å². The number of nitrogens with two attached hydrogens (primary N) is 1. The number of halogens is 3. The Morgan fingerprint density at radius 3 is 2.66 bits per heavy atom. The summed E-state index contributed by atoms with van der Waals surface area (Å²) < 4.78 is 72.0. The van der Waals surface area contributed by atoms with Gasteiger partial charge >= 0.3 is 0 Å². The fraction of sp³-hybridized carbons (Fsp3) is 0.464. The molecule has 9 nitrogen and oxygen atoms in total. The highest BCUT2D eigenvalue weighted by Crippen LogP contribution is 2.31. The third kappa shape index (κ3) is 6.96. The van der Waals surface area contributed by atoms with Crippen molar-refractivity contribution in [3.05, 3.63) is 70.4 Å². The third-order valence-electron chi connectivity index (χ3n) is 7.56. The predicted octanol–water partition coefficient (Wildman–Crippen LogP) is 3.31. The molecule has 4 N–H and O–H groups in total. The lowest BCUT2D eigenvalue weighted by Crippen LogP contribution is -3.10. The van der Waals surface area contributed by atoms with Crippen molar-refractivity contribution in [3.8, 4) is 0 Å². The van der Waals surface area contributed by atoms with Crippen LogP contribution in [0.5, 0.6) is 0 Å². The van der Waals surface area contributed by atoms with Crippen molar-refractivity contribution in [2.45, 2.75) is 64.7 Å². The number of anilines is 2. The zero-order chi connectivity index (χ0) is 29.9. The van der Waals surface area contributed by atoms with E-state index in [0.29, 0.717) is 24.0 Å². The summed E-state index contributed by atoms with van der Waals surface area (Å²) in [5, 5.41) is 5.75. The second kappa shape index (κ2) is 12.7. The van der Waals surface area contributed by atoms with Gasteiger partial charge in [-0.15, -0.1) is 0 Å². The maximum atomic E-state index is 16.0. The van der Waals surface area contributed by atoms with E-state index in [1.54, 1.807) is 6.07 Å². The van der Waals surface area contributed by atoms with Crippen LogP contribution in [-0.2, 0) is 10.0 Å². The number of hydrogen-bond acceptors (Lipinski definition) is 7. The van der Waals surface area contributed by atoms with Crippen LogP contribution in [0.4, 0.5) is 24.8 Å². The van der Waals surface area contributed by atoms with Crippen molar-refractivity contribution in [1.82, 2.24) is 14.9 Å². The topological polar surface area (TPSA) is 118 Å². The Labute approximate surface area is 239 Å². The van der Waals surface area contributed by atoms with Crippen molar-refractivity contribution in [2.75, 3.05) is 30.1 Å². The average Bonchev–Trinajstić information content (AvgIpc) is 3.36. The first kappa shape index (κ1) is 30.7. The number of benzene rings is 1. The number of quaternary nitrogens is 1. The summed E-state index contributed by atoms with van der Waals surface area (Å²) in [6, 6.07) is 6.42. The second-order valence-electron chi connectivity index (χ2n) is 10.6. The highest BCUT2D eigenvalue weighted by molar-refractivity contribution is 7.96. The van der Waals surface area contributed by atoms with Gasteiger partial charge in [-0.3, -0.25) is 4.72 Å². The van der Waals surface area contributed by atoms with Crippen LogP contribution < -0.4 is 15.5 Å². The van der Waals surface area contributed by atoms with Gasteiger partial charge < -0.3 is 10.6 Å². The summed E-state index contributed by atoms with van der Waals surface area (Å²) in [7, 11) is -4.57. The number of allylic oxidation sites excluding steroid dienone is 4. The SMILES string of the molecule is CCN(CCC(C)[NH+]1CC(c2ccnc(N)n2)C(c2cccc(NS(=O)(=O)C3=C(F)C=CC(F)C3)c2F)=N1)C(C)C. The van der Waals surface area contributed by atoms with Crippen molar-refractivity contribution >= 4 is 27.4 Å². The lowest BCUT2D eigenvalue weighted by Gasteiger charge is -2.26. The fourth-order valence-corrected chi connectivity index (χ4v) is 6.43. The van der Waals surface area contributed by atoms with Gasteiger partial charge in [-0.05, 0) is 57.7 Å². The van der Waals surface area contributed by atoms with E-state index < -0.39 is 50.8 Å². The molecule has 0 radical (unpaired) electrons. The van der Waals surface area contributed by atoms with Gasteiger partial charge in [0.15, 0.2) is 5.82 Å². The maximum absolute atomic E-state index is 16.0. The molecule has 1 aliphatic carbocycles. The van der Waals surface area contributed by atoms with Crippen LogP contribution in [0, 0.1) is 5.82 Å². The molecular weight excluding hydrogens is 555 g/mol. The molecule has 0 saturated carbocycles. The van der Waals surface area contributed by atoms with E-state index in [1.165, 1.54) is 24.4 Å². The number of sulfonamides is 1. The van der Waals surface area contributed by atoms with Crippen LogP contribution in [0.2, 0.25) is 0 Å². The first-order chi connectivity index (χ1) is 19.4. The van der Waals surface area contributed by atoms with Gasteiger partial charge in [-0.25, -0.2) is 36.6 Å². The second-order valence-corrected chi connectivity index (χ2v) is 12.3. The van der Waals surface area contributed by atoms with E-state index in [4.69, 9.17) is 10.8 Å². The van der Waals surface area contributed by atoms with Crippen molar-refractivity contribution < 1.29 is 26.6 Å². The molecule has 1 aliphatic heterocycles. The molecule has 41 heavy (non-hydrogen) atoms. The zero-order valence-electron chi connectivity index (χ0n) is 23.6. The summed E-state index contributed by atoms with van der Waals surface area (Å²) in [5.41, 5.74) is 6.49. The molecule has 0 spiro atoms. The number of alkyl halides is 1. The predicted molar refractivity (Wildman–Crippen MR) is 154 cm³/mol. The van der Waals surface area contributed by atoms with Gasteiger partial charge in [0.1, 0.15) is 41.1 Å². The largest absolute Gasteiger partial charge is 0.368 e. The minimum absolute atomic E-state index is 0.0730. The lowest BCUT2D eigenvalue weighted by molar-refractivity contribution is -0.925. The molecule has 2 heterocycles. The Balaban J connectivity index is 1.68. The van der Waals surface area contributed by atoms with Crippen LogP contribution in [0.3, 0.4) is 0 Å². The molecule has 4 atom stereocenters. The Hall–Kier alpha value is -3.29. The smallest absolute Gasteiger partial charge is 0.261 e. The van der Waals surface area contributed by atoms with Crippen molar-refractivity contribution in [3.63, 3.8) is 0 Å². The maximum Gasteiger partial charge on any atom is 0.261 e. The quantitative estimate of drug-likeness (QED) is 0.369. The number of hydrogen-bond donors (Lipinski definition) is 3. The van der Waals surface area contributed by atoms with Gasteiger partial charge in [-0.2, -0.15) is 0 Å². The minimum atomic E-state index is -4.57. The third-order valence-corrected chi connectivity index (χ3v) is 9.06. The van der Waals surface area contributed by atoms with Gasteiger partial charge in [0, 0.05) is 37.2 Å². The molecular formula is C28H37F3N7O2S+. The van der Waals surface area contributed by atoms with Crippen LogP contribution in [0.1, 0.15) is 57.7 Å². The Kier molecular flexibility index (Phi) is 9.50. The minimum Gasteiger partial charge on any atom is -0.368 e. The Morgan fingerprint density at radius 1 is 1.22 bits per heavy atom. The normalized spacial score (nSPS) is 22.0. The Bertz CT molecular complexity index is 1460. The first-order valence-corrected chi connectivity index (χ1v) is 15.2. The molecule has 13 heteroatoms. The molecule has 1 aromatic carbocycles. The summed E-state index contributed by atoms with van der Waals surface area (Å²) in [5.74, 6) is -2.33.